The van der Waals surface area contributed by atoms with Crippen molar-refractivity contribution in [1.29, 1.82) is 0 Å². The summed E-state index contributed by atoms with van der Waals surface area (Å²) in [4.78, 5) is 24.9. The van der Waals surface area contributed by atoms with Gasteiger partial charge in [0.2, 0.25) is 11.8 Å². The van der Waals surface area contributed by atoms with Crippen molar-refractivity contribution in [2.75, 3.05) is 13.6 Å². The largest absolute Gasteiger partial charge is 0.368 e. The summed E-state index contributed by atoms with van der Waals surface area (Å²) in [7, 11) is 1.63. The number of carbonyl (C=O) groups excluding carboxylic acids is 2. The molecule has 5 nitrogen and oxygen atoms in total. The van der Waals surface area contributed by atoms with Gasteiger partial charge in [0, 0.05) is 13.6 Å². The van der Waals surface area contributed by atoms with Gasteiger partial charge in [-0.2, -0.15) is 0 Å². The Kier molecular flexibility index (Phi) is 4.69. The summed E-state index contributed by atoms with van der Waals surface area (Å²) in [6, 6.07) is -0.854. The van der Waals surface area contributed by atoms with Gasteiger partial charge in [-0.15, -0.1) is 0 Å². The van der Waals surface area contributed by atoms with Crippen molar-refractivity contribution in [2.45, 2.75) is 32.4 Å². The molecule has 0 spiro atoms. The molecule has 0 unspecified atom stereocenters. The van der Waals surface area contributed by atoms with Crippen LogP contribution in [0.25, 0.3) is 0 Å². The number of likely N-dealkylation sites (N-methyl/N-ethyl adjacent to an activating group) is 1. The van der Waals surface area contributed by atoms with Crippen molar-refractivity contribution >= 4 is 11.8 Å². The van der Waals surface area contributed by atoms with Crippen LogP contribution in [0.15, 0.2) is 12.2 Å². The van der Waals surface area contributed by atoms with Crippen LogP contribution in [0.3, 0.4) is 0 Å². The smallest absolute Gasteiger partial charge is 0.244 e. The second-order valence-corrected chi connectivity index (χ2v) is 4.81. The Hall–Kier alpha value is -1.36. The molecule has 0 aromatic carbocycles. The summed E-state index contributed by atoms with van der Waals surface area (Å²) >= 11 is 0. The first-order valence-electron chi connectivity index (χ1n) is 5.89. The van der Waals surface area contributed by atoms with Crippen LogP contribution < -0.4 is 11.1 Å². The topological polar surface area (TPSA) is 75.4 Å². The van der Waals surface area contributed by atoms with Gasteiger partial charge in [0.1, 0.15) is 12.1 Å². The first-order chi connectivity index (χ1) is 7.93. The van der Waals surface area contributed by atoms with E-state index < -0.39 is 11.9 Å². The van der Waals surface area contributed by atoms with E-state index in [0.29, 0.717) is 18.9 Å². The first kappa shape index (κ1) is 13.7. The maximum atomic E-state index is 12.1. The lowest BCUT2D eigenvalue weighted by Gasteiger charge is -2.28. The zero-order valence-electron chi connectivity index (χ0n) is 10.6. The van der Waals surface area contributed by atoms with Crippen LogP contribution in [0.5, 0.6) is 0 Å². The Labute approximate surface area is 102 Å². The van der Waals surface area contributed by atoms with Gasteiger partial charge in [-0.05, 0) is 12.3 Å². The molecule has 0 saturated carbocycles. The molecule has 0 aromatic heterocycles. The van der Waals surface area contributed by atoms with Gasteiger partial charge in [-0.3, -0.25) is 14.9 Å². The van der Waals surface area contributed by atoms with Crippen molar-refractivity contribution in [3.63, 3.8) is 0 Å². The van der Waals surface area contributed by atoms with Crippen molar-refractivity contribution in [3.8, 4) is 0 Å². The standard InChI is InChI=1S/C12H21N3O2/c1-8(2)7-10(11(13)16)15(3)12(17)9-5-4-6-14-9/h4-5,8-10,14H,6-7H2,1-3H3,(H2,13,16)/t9-,10+/m0/s1. The Morgan fingerprint density at radius 3 is 2.59 bits per heavy atom. The van der Waals surface area contributed by atoms with Crippen molar-refractivity contribution in [3.05, 3.63) is 12.2 Å². The van der Waals surface area contributed by atoms with Gasteiger partial charge in [-0.25, -0.2) is 0 Å². The van der Waals surface area contributed by atoms with E-state index in [2.05, 4.69) is 5.32 Å². The lowest BCUT2D eigenvalue weighted by molar-refractivity contribution is -0.138. The maximum Gasteiger partial charge on any atom is 0.244 e. The van der Waals surface area contributed by atoms with E-state index >= 15 is 0 Å². The zero-order chi connectivity index (χ0) is 13.0. The average Bonchev–Trinajstić information content (AvgIpc) is 2.76. The SMILES string of the molecule is CC(C)C[C@H](C(N)=O)N(C)C(=O)[C@@H]1C=CCN1. The predicted octanol–water partition coefficient (Wildman–Crippen LogP) is -0.127. The van der Waals surface area contributed by atoms with Crippen molar-refractivity contribution in [2.24, 2.45) is 11.7 Å². The molecular formula is C12H21N3O2. The normalized spacial score (nSPS) is 20.6. The number of nitrogens with two attached hydrogens (primary N) is 1. The number of nitrogens with zero attached hydrogens (tertiary/aromatic N) is 1. The number of rotatable bonds is 5. The molecule has 0 saturated heterocycles. The molecule has 0 aliphatic carbocycles. The van der Waals surface area contributed by atoms with Crippen LogP contribution in [0.1, 0.15) is 20.3 Å². The van der Waals surface area contributed by atoms with Crippen LogP contribution >= 0.6 is 0 Å². The molecule has 3 N–H and O–H groups in total. The van der Waals surface area contributed by atoms with Gasteiger partial charge in [0.15, 0.2) is 0 Å². The third-order valence-corrected chi connectivity index (χ3v) is 2.89. The summed E-state index contributed by atoms with van der Waals surface area (Å²) in [5, 5.41) is 3.03. The summed E-state index contributed by atoms with van der Waals surface area (Å²) in [5.41, 5.74) is 5.35. The number of carbonyl (C=O) groups is 2. The summed E-state index contributed by atoms with van der Waals surface area (Å²) in [6.45, 7) is 4.69. The van der Waals surface area contributed by atoms with Crippen LogP contribution in [-0.4, -0.2) is 42.4 Å². The number of nitrogens with one attached hydrogen (secondary N) is 1. The maximum absolute atomic E-state index is 12.1. The molecule has 96 valence electrons. The second kappa shape index (κ2) is 5.82. The highest BCUT2D eigenvalue weighted by Gasteiger charge is 2.29. The highest BCUT2D eigenvalue weighted by atomic mass is 16.2. The molecule has 1 aliphatic heterocycles. The summed E-state index contributed by atoms with van der Waals surface area (Å²) in [6.07, 6.45) is 4.30. The molecule has 1 aliphatic rings. The first-order valence-corrected chi connectivity index (χ1v) is 5.89. The fourth-order valence-corrected chi connectivity index (χ4v) is 1.92. The zero-order valence-corrected chi connectivity index (χ0v) is 10.6. The van der Waals surface area contributed by atoms with Gasteiger partial charge in [-0.1, -0.05) is 26.0 Å². The van der Waals surface area contributed by atoms with Gasteiger partial charge < -0.3 is 10.6 Å². The van der Waals surface area contributed by atoms with Crippen LogP contribution in [0.2, 0.25) is 0 Å². The molecule has 0 aromatic rings. The molecule has 17 heavy (non-hydrogen) atoms. The molecule has 2 amide bonds. The third kappa shape index (κ3) is 3.56. The average molecular weight is 239 g/mol. The lowest BCUT2D eigenvalue weighted by Crippen LogP contribution is -2.51. The second-order valence-electron chi connectivity index (χ2n) is 4.81. The summed E-state index contributed by atoms with van der Waals surface area (Å²) < 4.78 is 0. The Morgan fingerprint density at radius 1 is 1.53 bits per heavy atom. The fraction of sp³-hybridized carbons (Fsp3) is 0.667. The van der Waals surface area contributed by atoms with Crippen LogP contribution in [0.4, 0.5) is 0 Å². The highest BCUT2D eigenvalue weighted by molar-refractivity contribution is 5.90. The van der Waals surface area contributed by atoms with E-state index in [1.807, 2.05) is 26.0 Å². The molecule has 1 heterocycles. The Morgan fingerprint density at radius 2 is 2.18 bits per heavy atom. The van der Waals surface area contributed by atoms with E-state index in [-0.39, 0.29) is 11.9 Å². The summed E-state index contributed by atoms with van der Waals surface area (Å²) in [5.74, 6) is -0.241. The van der Waals surface area contributed by atoms with Gasteiger partial charge >= 0.3 is 0 Å². The predicted molar refractivity (Wildman–Crippen MR) is 66.1 cm³/mol. The van der Waals surface area contributed by atoms with Gasteiger partial charge in [0.05, 0.1) is 0 Å². The van der Waals surface area contributed by atoms with E-state index in [9.17, 15) is 9.59 Å². The van der Waals surface area contributed by atoms with Crippen molar-refractivity contribution in [1.82, 2.24) is 10.2 Å². The molecule has 2 atom stereocenters. The van der Waals surface area contributed by atoms with Crippen molar-refractivity contribution < 1.29 is 9.59 Å². The van der Waals surface area contributed by atoms with E-state index in [0.717, 1.165) is 0 Å². The van der Waals surface area contributed by atoms with Gasteiger partial charge in [0.25, 0.3) is 0 Å². The Bertz CT molecular complexity index is 326. The monoisotopic (exact) mass is 239 g/mol. The van der Waals surface area contributed by atoms with Crippen LogP contribution in [0, 0.1) is 5.92 Å². The molecule has 0 fully saturated rings. The number of primary amides is 1. The fourth-order valence-electron chi connectivity index (χ4n) is 1.92. The minimum Gasteiger partial charge on any atom is -0.368 e. The van der Waals surface area contributed by atoms with Crippen LogP contribution in [-0.2, 0) is 9.59 Å². The number of amides is 2. The number of hydrogen-bond donors (Lipinski definition) is 2. The molecule has 5 heteroatoms. The number of hydrogen-bond acceptors (Lipinski definition) is 3. The minimum atomic E-state index is -0.529. The van der Waals surface area contributed by atoms with E-state index in [1.54, 1.807) is 7.05 Å². The molecular weight excluding hydrogens is 218 g/mol. The van der Waals surface area contributed by atoms with E-state index in [1.165, 1.54) is 4.90 Å². The molecule has 0 bridgehead atoms. The van der Waals surface area contributed by atoms with E-state index in [4.69, 9.17) is 5.73 Å². The lowest BCUT2D eigenvalue weighted by atomic mass is 10.0. The third-order valence-electron chi connectivity index (χ3n) is 2.89. The molecule has 0 radical (unpaired) electrons. The minimum absolute atomic E-state index is 0.108. The quantitative estimate of drug-likeness (QED) is 0.656. The highest BCUT2D eigenvalue weighted by Crippen LogP contribution is 2.12. The molecule has 1 rings (SSSR count). The Balaban J connectivity index is 2.69.